The Balaban J connectivity index is 1.99. The summed E-state index contributed by atoms with van der Waals surface area (Å²) in [4.78, 5) is 26.5. The molecule has 0 saturated heterocycles. The van der Waals surface area contributed by atoms with Gasteiger partial charge in [-0.1, -0.05) is 58.6 Å². The maximum Gasteiger partial charge on any atom is 0.254 e. The molecule has 152 valence electrons. The summed E-state index contributed by atoms with van der Waals surface area (Å²) in [5, 5.41) is 0. The Morgan fingerprint density at radius 3 is 2.00 bits per heavy atom. The highest BCUT2D eigenvalue weighted by molar-refractivity contribution is 6.13. The standard InChI is InChI=1S/C25H35NO2/c1-4-7-10-18-15-21-16-20(12-9-6-3)25(26-23(27)13-14-24(26)28)22(21)17-19(18)11-8-5-2/h13-15,17,20,25H,4-12,16H2,1-3H3/t20-,25-/m0/s1. The molecule has 2 aliphatic rings. The third-order valence-corrected chi connectivity index (χ3v) is 6.36. The minimum Gasteiger partial charge on any atom is -0.269 e. The summed E-state index contributed by atoms with van der Waals surface area (Å²) in [5.74, 6) is 0.0623. The van der Waals surface area contributed by atoms with Crippen LogP contribution in [0.25, 0.3) is 0 Å². The number of rotatable bonds is 10. The van der Waals surface area contributed by atoms with E-state index in [4.69, 9.17) is 0 Å². The van der Waals surface area contributed by atoms with E-state index in [-0.39, 0.29) is 17.9 Å². The van der Waals surface area contributed by atoms with Crippen LogP contribution >= 0.6 is 0 Å². The van der Waals surface area contributed by atoms with Gasteiger partial charge in [-0.25, -0.2) is 0 Å². The smallest absolute Gasteiger partial charge is 0.254 e. The Kier molecular flexibility index (Phi) is 7.09. The molecule has 1 aliphatic heterocycles. The Morgan fingerprint density at radius 2 is 1.43 bits per heavy atom. The third kappa shape index (κ3) is 4.24. The predicted octanol–water partition coefficient (Wildman–Crippen LogP) is 5.70. The number of nitrogens with zero attached hydrogens (tertiary/aromatic N) is 1. The zero-order valence-corrected chi connectivity index (χ0v) is 17.8. The van der Waals surface area contributed by atoms with Crippen LogP contribution in [0, 0.1) is 5.92 Å². The van der Waals surface area contributed by atoms with E-state index in [2.05, 4.69) is 32.9 Å². The van der Waals surface area contributed by atoms with Crippen LogP contribution in [0.2, 0.25) is 0 Å². The lowest BCUT2D eigenvalue weighted by Crippen LogP contribution is -2.36. The van der Waals surface area contributed by atoms with Crippen LogP contribution in [0.5, 0.6) is 0 Å². The SMILES string of the molecule is CCCCc1cc2c(cc1CCCC)[C@@H](N1C(=O)C=CC1=O)[C@@H](CCCC)C2. The maximum absolute atomic E-state index is 12.5. The normalized spacial score (nSPS) is 21.0. The van der Waals surface area contributed by atoms with Crippen LogP contribution < -0.4 is 0 Å². The lowest BCUT2D eigenvalue weighted by molar-refractivity contribution is -0.140. The van der Waals surface area contributed by atoms with Gasteiger partial charge in [0.05, 0.1) is 6.04 Å². The number of aryl methyl sites for hydroxylation is 2. The van der Waals surface area contributed by atoms with Crippen molar-refractivity contribution in [2.24, 2.45) is 5.92 Å². The molecular weight excluding hydrogens is 346 g/mol. The summed E-state index contributed by atoms with van der Waals surface area (Å²) in [5.41, 5.74) is 5.52. The maximum atomic E-state index is 12.5. The number of amides is 2. The molecule has 1 aromatic carbocycles. The second-order valence-corrected chi connectivity index (χ2v) is 8.46. The van der Waals surface area contributed by atoms with Crippen molar-refractivity contribution in [3.05, 3.63) is 46.5 Å². The number of unbranched alkanes of at least 4 members (excludes halogenated alkanes) is 3. The molecule has 3 heteroatoms. The van der Waals surface area contributed by atoms with E-state index in [1.165, 1.54) is 65.0 Å². The molecule has 0 radical (unpaired) electrons. The summed E-state index contributed by atoms with van der Waals surface area (Å²) >= 11 is 0. The van der Waals surface area contributed by atoms with Crippen molar-refractivity contribution in [2.45, 2.75) is 91.0 Å². The molecule has 0 bridgehead atoms. The van der Waals surface area contributed by atoms with Gasteiger partial charge in [0.1, 0.15) is 0 Å². The summed E-state index contributed by atoms with van der Waals surface area (Å²) in [6, 6.07) is 4.68. The Bertz CT molecular complexity index is 731. The van der Waals surface area contributed by atoms with E-state index in [0.717, 1.165) is 38.5 Å². The van der Waals surface area contributed by atoms with Crippen molar-refractivity contribution >= 4 is 11.8 Å². The van der Waals surface area contributed by atoms with Gasteiger partial charge < -0.3 is 0 Å². The van der Waals surface area contributed by atoms with Crippen LogP contribution in [0.15, 0.2) is 24.3 Å². The fourth-order valence-corrected chi connectivity index (χ4v) is 4.82. The molecule has 3 nitrogen and oxygen atoms in total. The highest BCUT2D eigenvalue weighted by atomic mass is 16.2. The van der Waals surface area contributed by atoms with Gasteiger partial charge in [0.2, 0.25) is 0 Å². The van der Waals surface area contributed by atoms with E-state index in [9.17, 15) is 9.59 Å². The minimum absolute atomic E-state index is 0.0860. The number of hydrogen-bond acceptors (Lipinski definition) is 2. The van der Waals surface area contributed by atoms with Gasteiger partial charge >= 0.3 is 0 Å². The molecule has 0 aromatic heterocycles. The van der Waals surface area contributed by atoms with Crippen LogP contribution in [0.1, 0.15) is 94.0 Å². The van der Waals surface area contributed by atoms with Crippen LogP contribution in [-0.4, -0.2) is 16.7 Å². The molecule has 2 amide bonds. The first kappa shape index (κ1) is 20.8. The number of imide groups is 1. The first-order valence-electron chi connectivity index (χ1n) is 11.3. The Labute approximate surface area is 170 Å². The van der Waals surface area contributed by atoms with Gasteiger partial charge in [-0.05, 0) is 66.7 Å². The van der Waals surface area contributed by atoms with Gasteiger partial charge in [0.15, 0.2) is 0 Å². The van der Waals surface area contributed by atoms with Crippen molar-refractivity contribution in [3.8, 4) is 0 Å². The van der Waals surface area contributed by atoms with Crippen LogP contribution in [0.4, 0.5) is 0 Å². The molecule has 1 heterocycles. The predicted molar refractivity (Wildman–Crippen MR) is 114 cm³/mol. The molecular formula is C25H35NO2. The van der Waals surface area contributed by atoms with Gasteiger partial charge in [-0.2, -0.15) is 0 Å². The number of fused-ring (bicyclic) bond motifs is 1. The number of carbonyl (C=O) groups excluding carboxylic acids is 2. The average Bonchev–Trinajstić information content (AvgIpc) is 3.20. The highest BCUT2D eigenvalue weighted by Crippen LogP contribution is 2.45. The number of hydrogen-bond donors (Lipinski definition) is 0. The first-order valence-corrected chi connectivity index (χ1v) is 11.3. The summed E-state index contributed by atoms with van der Waals surface area (Å²) < 4.78 is 0. The third-order valence-electron chi connectivity index (χ3n) is 6.36. The molecule has 0 N–H and O–H groups in total. The average molecular weight is 382 g/mol. The second-order valence-electron chi connectivity index (χ2n) is 8.46. The molecule has 0 unspecified atom stereocenters. The van der Waals surface area contributed by atoms with Gasteiger partial charge in [0.25, 0.3) is 11.8 Å². The number of carbonyl (C=O) groups is 2. The molecule has 1 aromatic rings. The quantitative estimate of drug-likeness (QED) is 0.488. The lowest BCUT2D eigenvalue weighted by Gasteiger charge is -2.29. The van der Waals surface area contributed by atoms with Crippen LogP contribution in [0.3, 0.4) is 0 Å². The second kappa shape index (κ2) is 9.54. The Hall–Kier alpha value is -1.90. The van der Waals surface area contributed by atoms with Crippen molar-refractivity contribution in [1.82, 2.24) is 4.90 Å². The fraction of sp³-hybridized carbons (Fsp3) is 0.600. The first-order chi connectivity index (χ1) is 13.6. The van der Waals surface area contributed by atoms with E-state index in [1.807, 2.05) is 0 Å². The fourth-order valence-electron chi connectivity index (χ4n) is 4.82. The van der Waals surface area contributed by atoms with Crippen molar-refractivity contribution in [1.29, 1.82) is 0 Å². The number of benzene rings is 1. The lowest BCUT2D eigenvalue weighted by atomic mass is 9.91. The van der Waals surface area contributed by atoms with Gasteiger partial charge in [-0.15, -0.1) is 0 Å². The summed E-state index contributed by atoms with van der Waals surface area (Å²) in [6.07, 6.45) is 14.2. The van der Waals surface area contributed by atoms with E-state index < -0.39 is 0 Å². The summed E-state index contributed by atoms with van der Waals surface area (Å²) in [7, 11) is 0. The van der Waals surface area contributed by atoms with Crippen molar-refractivity contribution in [3.63, 3.8) is 0 Å². The topological polar surface area (TPSA) is 37.4 Å². The van der Waals surface area contributed by atoms with Crippen LogP contribution in [-0.2, 0) is 28.9 Å². The van der Waals surface area contributed by atoms with E-state index >= 15 is 0 Å². The van der Waals surface area contributed by atoms with E-state index in [0.29, 0.717) is 5.92 Å². The van der Waals surface area contributed by atoms with Gasteiger partial charge in [0, 0.05) is 12.2 Å². The molecule has 0 fully saturated rings. The molecule has 2 atom stereocenters. The van der Waals surface area contributed by atoms with Crippen molar-refractivity contribution < 1.29 is 9.59 Å². The summed E-state index contributed by atoms with van der Waals surface area (Å²) in [6.45, 7) is 6.68. The monoisotopic (exact) mass is 381 g/mol. The zero-order valence-electron chi connectivity index (χ0n) is 17.8. The Morgan fingerprint density at radius 1 is 0.857 bits per heavy atom. The molecule has 1 aliphatic carbocycles. The highest BCUT2D eigenvalue weighted by Gasteiger charge is 2.42. The zero-order chi connectivity index (χ0) is 20.1. The van der Waals surface area contributed by atoms with E-state index in [1.54, 1.807) is 0 Å². The minimum atomic E-state index is -0.144. The van der Waals surface area contributed by atoms with Gasteiger partial charge in [-0.3, -0.25) is 14.5 Å². The molecule has 0 saturated carbocycles. The molecule has 28 heavy (non-hydrogen) atoms. The molecule has 0 spiro atoms. The van der Waals surface area contributed by atoms with Crippen molar-refractivity contribution in [2.75, 3.05) is 0 Å². The largest absolute Gasteiger partial charge is 0.269 e. The molecule has 3 rings (SSSR count).